The van der Waals surface area contributed by atoms with Crippen molar-refractivity contribution in [3.8, 4) is 16.3 Å². The highest BCUT2D eigenvalue weighted by molar-refractivity contribution is 7.22. The summed E-state index contributed by atoms with van der Waals surface area (Å²) in [7, 11) is 0. The summed E-state index contributed by atoms with van der Waals surface area (Å²) in [5.74, 6) is 0. The van der Waals surface area contributed by atoms with Crippen LogP contribution in [0.4, 0.5) is 17.1 Å². The smallest absolute Gasteiger partial charge is 0.124 e. The average Bonchev–Trinajstić information content (AvgIpc) is 3.70. The second kappa shape index (κ2) is 10.5. The number of thiazole rings is 1. The summed E-state index contributed by atoms with van der Waals surface area (Å²) in [5, 5.41) is 5.98. The van der Waals surface area contributed by atoms with E-state index >= 15 is 0 Å². The Morgan fingerprint density at radius 2 is 1.16 bits per heavy atom. The number of anilines is 3. The summed E-state index contributed by atoms with van der Waals surface area (Å²) in [6.45, 7) is 0. The Bertz CT molecular complexity index is 2480. The van der Waals surface area contributed by atoms with Crippen LogP contribution in [-0.4, -0.2) is 9.55 Å². The van der Waals surface area contributed by atoms with E-state index in [-0.39, 0.29) is 0 Å². The van der Waals surface area contributed by atoms with Gasteiger partial charge in [0, 0.05) is 33.1 Å². The molecule has 0 N–H and O–H groups in total. The Hall–Kier alpha value is -5.71. The summed E-state index contributed by atoms with van der Waals surface area (Å²) >= 11 is 1.75. The Balaban J connectivity index is 1.40. The molecule has 0 aliphatic heterocycles. The molecule has 0 amide bonds. The molecule has 0 aliphatic rings. The lowest BCUT2D eigenvalue weighted by molar-refractivity contribution is 1.18. The fourth-order valence-electron chi connectivity index (χ4n) is 6.65. The van der Waals surface area contributed by atoms with E-state index in [1.807, 2.05) is 0 Å². The minimum Gasteiger partial charge on any atom is -0.309 e. The lowest BCUT2D eigenvalue weighted by Crippen LogP contribution is -2.11. The maximum absolute atomic E-state index is 5.10. The van der Waals surface area contributed by atoms with E-state index in [1.54, 1.807) is 11.3 Å². The second-order valence-electron chi connectivity index (χ2n) is 11.2. The van der Waals surface area contributed by atoms with Crippen LogP contribution in [0.2, 0.25) is 0 Å². The van der Waals surface area contributed by atoms with Gasteiger partial charge in [-0.2, -0.15) is 0 Å². The molecule has 0 saturated carbocycles. The summed E-state index contributed by atoms with van der Waals surface area (Å²) in [6, 6.07) is 58.3. The molecular formula is C41H27N3S. The molecule has 0 aliphatic carbocycles. The number of para-hydroxylation sites is 3. The Labute approximate surface area is 264 Å². The van der Waals surface area contributed by atoms with Crippen molar-refractivity contribution in [2.45, 2.75) is 0 Å². The quantitative estimate of drug-likeness (QED) is 0.198. The van der Waals surface area contributed by atoms with Gasteiger partial charge in [0.15, 0.2) is 0 Å². The molecule has 2 aromatic heterocycles. The first kappa shape index (κ1) is 25.8. The number of hydrogen-bond donors (Lipinski definition) is 0. The van der Waals surface area contributed by atoms with Gasteiger partial charge in [-0.05, 0) is 53.9 Å². The molecule has 0 atom stereocenters. The zero-order chi connectivity index (χ0) is 29.7. The van der Waals surface area contributed by atoms with E-state index in [0.29, 0.717) is 0 Å². The Kier molecular flexibility index (Phi) is 6.00. The van der Waals surface area contributed by atoms with Gasteiger partial charge in [0.25, 0.3) is 0 Å². The van der Waals surface area contributed by atoms with Crippen molar-refractivity contribution in [2.75, 3.05) is 4.90 Å². The van der Waals surface area contributed by atoms with Gasteiger partial charge in [-0.15, -0.1) is 11.3 Å². The minimum atomic E-state index is 1.00. The maximum Gasteiger partial charge on any atom is 0.124 e. The van der Waals surface area contributed by atoms with E-state index in [1.165, 1.54) is 32.6 Å². The molecule has 0 spiro atoms. The molecule has 4 heteroatoms. The molecule has 7 aromatic carbocycles. The predicted molar refractivity (Wildman–Crippen MR) is 192 cm³/mol. The molecule has 45 heavy (non-hydrogen) atoms. The molecule has 0 bridgehead atoms. The summed E-state index contributed by atoms with van der Waals surface area (Å²) in [6.07, 6.45) is 0. The number of rotatable bonds is 5. The van der Waals surface area contributed by atoms with Crippen LogP contribution in [0.15, 0.2) is 164 Å². The Morgan fingerprint density at radius 3 is 1.93 bits per heavy atom. The van der Waals surface area contributed by atoms with Crippen LogP contribution in [0.25, 0.3) is 59.1 Å². The third-order valence-electron chi connectivity index (χ3n) is 8.58. The zero-order valence-electron chi connectivity index (χ0n) is 24.3. The van der Waals surface area contributed by atoms with Gasteiger partial charge in [-0.1, -0.05) is 115 Å². The highest BCUT2D eigenvalue weighted by Gasteiger charge is 2.23. The molecule has 0 radical (unpaired) electrons. The number of nitrogens with zero attached hydrogens (tertiary/aromatic N) is 3. The van der Waals surface area contributed by atoms with Gasteiger partial charge in [-0.25, -0.2) is 4.98 Å². The van der Waals surface area contributed by atoms with Crippen molar-refractivity contribution in [3.05, 3.63) is 164 Å². The van der Waals surface area contributed by atoms with Gasteiger partial charge in [0.1, 0.15) is 5.01 Å². The van der Waals surface area contributed by atoms with Crippen LogP contribution in [0.1, 0.15) is 0 Å². The Morgan fingerprint density at radius 1 is 0.511 bits per heavy atom. The summed E-state index contributed by atoms with van der Waals surface area (Å²) < 4.78 is 3.57. The SMILES string of the molecule is c1ccc(-c2nc3cccc(N(c4ccccc4)c4cc5c(c6ccccc46)c4ccccc4n5-c4ccccc4)c3s2)cc1. The van der Waals surface area contributed by atoms with Crippen LogP contribution in [0, 0.1) is 0 Å². The number of hydrogen-bond acceptors (Lipinski definition) is 3. The average molecular weight is 594 g/mol. The van der Waals surface area contributed by atoms with Crippen molar-refractivity contribution in [2.24, 2.45) is 0 Å². The monoisotopic (exact) mass is 593 g/mol. The van der Waals surface area contributed by atoms with E-state index < -0.39 is 0 Å². The molecule has 9 rings (SSSR count). The molecule has 9 aromatic rings. The molecule has 212 valence electrons. The van der Waals surface area contributed by atoms with Gasteiger partial charge < -0.3 is 9.47 Å². The van der Waals surface area contributed by atoms with Crippen molar-refractivity contribution >= 4 is 71.2 Å². The predicted octanol–water partition coefficient (Wildman–Crippen LogP) is 11.7. The third kappa shape index (κ3) is 4.15. The van der Waals surface area contributed by atoms with Crippen molar-refractivity contribution < 1.29 is 0 Å². The van der Waals surface area contributed by atoms with Crippen LogP contribution in [0.3, 0.4) is 0 Å². The fourth-order valence-corrected chi connectivity index (χ4v) is 7.72. The number of fused-ring (bicyclic) bond motifs is 6. The highest BCUT2D eigenvalue weighted by atomic mass is 32.1. The first-order valence-electron chi connectivity index (χ1n) is 15.2. The first-order chi connectivity index (χ1) is 22.3. The molecular weight excluding hydrogens is 567 g/mol. The molecule has 0 fully saturated rings. The van der Waals surface area contributed by atoms with Gasteiger partial charge >= 0.3 is 0 Å². The standard InChI is InChI=1S/C41H27N3S/c1-4-15-28(16-5-1)41-42-34-24-14-26-36(40(34)45-41)44(30-19-8-3-9-20-30)37-27-38-39(32-22-11-10-21-31(32)37)33-23-12-13-25-35(33)43(38)29-17-6-2-7-18-29/h1-27H. The van der Waals surface area contributed by atoms with E-state index in [2.05, 4.69) is 173 Å². The zero-order valence-corrected chi connectivity index (χ0v) is 25.2. The minimum absolute atomic E-state index is 1.00. The summed E-state index contributed by atoms with van der Waals surface area (Å²) in [4.78, 5) is 7.52. The van der Waals surface area contributed by atoms with Crippen molar-refractivity contribution in [1.82, 2.24) is 9.55 Å². The number of benzene rings is 7. The molecule has 3 nitrogen and oxygen atoms in total. The number of aromatic nitrogens is 2. The fraction of sp³-hybridized carbons (Fsp3) is 0. The van der Waals surface area contributed by atoms with Crippen molar-refractivity contribution in [1.29, 1.82) is 0 Å². The lowest BCUT2D eigenvalue weighted by atomic mass is 10.0. The topological polar surface area (TPSA) is 21.1 Å². The first-order valence-corrected chi connectivity index (χ1v) is 16.0. The third-order valence-corrected chi connectivity index (χ3v) is 9.73. The van der Waals surface area contributed by atoms with Gasteiger partial charge in [0.2, 0.25) is 0 Å². The summed E-state index contributed by atoms with van der Waals surface area (Å²) in [5.41, 5.74) is 9.01. The van der Waals surface area contributed by atoms with E-state index in [0.717, 1.165) is 43.5 Å². The van der Waals surface area contributed by atoms with E-state index in [4.69, 9.17) is 4.98 Å². The van der Waals surface area contributed by atoms with Crippen LogP contribution < -0.4 is 4.90 Å². The van der Waals surface area contributed by atoms with Crippen LogP contribution >= 0.6 is 11.3 Å². The van der Waals surface area contributed by atoms with E-state index in [9.17, 15) is 0 Å². The normalized spacial score (nSPS) is 11.6. The van der Waals surface area contributed by atoms with Crippen molar-refractivity contribution in [3.63, 3.8) is 0 Å². The molecule has 2 heterocycles. The lowest BCUT2D eigenvalue weighted by Gasteiger charge is -2.27. The van der Waals surface area contributed by atoms with Crippen LogP contribution in [0.5, 0.6) is 0 Å². The molecule has 0 saturated heterocycles. The van der Waals surface area contributed by atoms with Gasteiger partial charge in [-0.3, -0.25) is 0 Å². The molecule has 0 unspecified atom stereocenters. The van der Waals surface area contributed by atoms with Crippen LogP contribution in [-0.2, 0) is 0 Å². The second-order valence-corrected chi connectivity index (χ2v) is 12.2. The maximum atomic E-state index is 5.10. The van der Waals surface area contributed by atoms with Gasteiger partial charge in [0.05, 0.1) is 32.6 Å². The largest absolute Gasteiger partial charge is 0.309 e. The highest BCUT2D eigenvalue weighted by Crippen LogP contribution is 2.48.